The van der Waals surface area contributed by atoms with Crippen LogP contribution >= 0.6 is 0 Å². The summed E-state index contributed by atoms with van der Waals surface area (Å²) >= 11 is 0. The predicted molar refractivity (Wildman–Crippen MR) is 73.7 cm³/mol. The molecule has 2 aromatic rings. The van der Waals surface area contributed by atoms with Crippen LogP contribution in [0.5, 0.6) is 0 Å². The molecule has 94 valence electrons. The molecule has 0 aliphatic rings. The van der Waals surface area contributed by atoms with Gasteiger partial charge in [-0.05, 0) is 12.1 Å². The number of anilines is 1. The summed E-state index contributed by atoms with van der Waals surface area (Å²) in [5.74, 6) is 0. The van der Waals surface area contributed by atoms with E-state index >= 15 is 0 Å². The first-order valence-electron chi connectivity index (χ1n) is 5.37. The van der Waals surface area contributed by atoms with E-state index in [4.69, 9.17) is 11.5 Å². The molecule has 0 spiro atoms. The van der Waals surface area contributed by atoms with E-state index < -0.39 is 15.2 Å². The van der Waals surface area contributed by atoms with Crippen LogP contribution in [0.2, 0.25) is 0 Å². The van der Waals surface area contributed by atoms with Gasteiger partial charge in [-0.15, -0.1) is 6.58 Å². The molecule has 0 bridgehead atoms. The molecule has 1 unspecified atom stereocenters. The largest absolute Gasteiger partial charge is 0.398 e. The lowest BCUT2D eigenvalue weighted by molar-refractivity contribution is 0.590. The fourth-order valence-electron chi connectivity index (χ4n) is 1.82. The number of sulfone groups is 1. The minimum Gasteiger partial charge on any atom is -0.398 e. The van der Waals surface area contributed by atoms with Crippen LogP contribution in [0.15, 0.2) is 53.9 Å². The molecule has 0 saturated carbocycles. The lowest BCUT2D eigenvalue weighted by Gasteiger charge is -2.12. The first kappa shape index (κ1) is 12.6. The molecule has 5 heteroatoms. The molecule has 0 heterocycles. The van der Waals surface area contributed by atoms with Gasteiger partial charge >= 0.3 is 0 Å². The van der Waals surface area contributed by atoms with E-state index in [-0.39, 0.29) is 4.90 Å². The van der Waals surface area contributed by atoms with Crippen molar-refractivity contribution in [3.8, 4) is 0 Å². The van der Waals surface area contributed by atoms with Crippen LogP contribution < -0.4 is 11.5 Å². The Morgan fingerprint density at radius 3 is 2.33 bits per heavy atom. The predicted octanol–water partition coefficient (Wildman–Crippen LogP) is 1.67. The first-order chi connectivity index (χ1) is 8.48. The second-order valence-corrected chi connectivity index (χ2v) is 6.02. The maximum absolute atomic E-state index is 12.3. The number of rotatable bonds is 3. The molecule has 0 aromatic heterocycles. The molecular weight excluding hydrogens is 248 g/mol. The molecule has 0 aliphatic carbocycles. The molecule has 0 radical (unpaired) electrons. The zero-order valence-corrected chi connectivity index (χ0v) is 10.5. The van der Waals surface area contributed by atoms with Gasteiger partial charge in [-0.25, -0.2) is 8.42 Å². The molecule has 1 atom stereocenters. The van der Waals surface area contributed by atoms with Crippen LogP contribution in [0.3, 0.4) is 0 Å². The van der Waals surface area contributed by atoms with Gasteiger partial charge in [-0.3, -0.25) is 0 Å². The third kappa shape index (κ3) is 1.87. The number of hydrogen-bond acceptors (Lipinski definition) is 4. The Kier molecular flexibility index (Phi) is 3.11. The van der Waals surface area contributed by atoms with Crippen molar-refractivity contribution in [3.05, 3.63) is 49.1 Å². The Hall–Kier alpha value is -1.85. The van der Waals surface area contributed by atoms with Gasteiger partial charge in [0.05, 0.1) is 4.90 Å². The van der Waals surface area contributed by atoms with Crippen LogP contribution in [0, 0.1) is 0 Å². The zero-order chi connectivity index (χ0) is 13.3. The number of nitrogens with two attached hydrogens (primary N) is 2. The Morgan fingerprint density at radius 2 is 1.72 bits per heavy atom. The van der Waals surface area contributed by atoms with Crippen LogP contribution in [0.25, 0.3) is 10.8 Å². The smallest absolute Gasteiger partial charge is 0.198 e. The molecule has 0 amide bonds. The molecule has 2 rings (SSSR count). The van der Waals surface area contributed by atoms with Gasteiger partial charge < -0.3 is 11.5 Å². The summed E-state index contributed by atoms with van der Waals surface area (Å²) in [6.07, 6.45) is 1.21. The maximum Gasteiger partial charge on any atom is 0.198 e. The molecular formula is C13H14N2O2S. The van der Waals surface area contributed by atoms with E-state index in [1.807, 2.05) is 6.07 Å². The summed E-state index contributed by atoms with van der Waals surface area (Å²) in [7, 11) is -3.63. The van der Waals surface area contributed by atoms with E-state index in [0.29, 0.717) is 16.5 Å². The maximum atomic E-state index is 12.3. The van der Waals surface area contributed by atoms with Crippen molar-refractivity contribution in [2.45, 2.75) is 10.3 Å². The topological polar surface area (TPSA) is 86.2 Å². The lowest BCUT2D eigenvalue weighted by atomic mass is 10.1. The molecule has 0 saturated heterocycles. The number of hydrogen-bond donors (Lipinski definition) is 2. The summed E-state index contributed by atoms with van der Waals surface area (Å²) in [5.41, 5.74) is 11.9. The monoisotopic (exact) mass is 262 g/mol. The highest BCUT2D eigenvalue weighted by Gasteiger charge is 2.23. The fourth-order valence-corrected chi connectivity index (χ4v) is 3.10. The SMILES string of the molecule is C=CC(N)S(=O)(=O)c1ccc(N)c2ccccc12. The van der Waals surface area contributed by atoms with Crippen molar-refractivity contribution in [3.63, 3.8) is 0 Å². The van der Waals surface area contributed by atoms with E-state index in [1.165, 1.54) is 12.1 Å². The second-order valence-electron chi connectivity index (χ2n) is 3.94. The minimum atomic E-state index is -3.63. The van der Waals surface area contributed by atoms with Gasteiger partial charge in [0.2, 0.25) is 0 Å². The normalized spacial score (nSPS) is 13.4. The summed E-state index contributed by atoms with van der Waals surface area (Å²) in [5, 5.41) is 0.161. The minimum absolute atomic E-state index is 0.180. The van der Waals surface area contributed by atoms with Crippen LogP contribution in [-0.4, -0.2) is 13.8 Å². The van der Waals surface area contributed by atoms with Crippen molar-refractivity contribution in [1.82, 2.24) is 0 Å². The van der Waals surface area contributed by atoms with Gasteiger partial charge in [0.1, 0.15) is 5.37 Å². The van der Waals surface area contributed by atoms with Crippen LogP contribution in [-0.2, 0) is 9.84 Å². The summed E-state index contributed by atoms with van der Waals surface area (Å²) in [4.78, 5) is 0.180. The van der Waals surface area contributed by atoms with Gasteiger partial charge in [0, 0.05) is 16.5 Å². The molecule has 0 aliphatic heterocycles. The summed E-state index contributed by atoms with van der Waals surface area (Å²) in [6.45, 7) is 3.42. The number of fused-ring (bicyclic) bond motifs is 1. The third-order valence-electron chi connectivity index (χ3n) is 2.81. The fraction of sp³-hybridized carbons (Fsp3) is 0.0769. The standard InChI is InChI=1S/C13H14N2O2S/c1-2-13(15)18(16,17)12-8-7-11(14)9-5-3-4-6-10(9)12/h2-8,13H,1,14-15H2. The lowest BCUT2D eigenvalue weighted by Crippen LogP contribution is -2.28. The van der Waals surface area contributed by atoms with Gasteiger partial charge in [-0.1, -0.05) is 30.3 Å². The highest BCUT2D eigenvalue weighted by atomic mass is 32.2. The Labute approximate surface area is 106 Å². The van der Waals surface area contributed by atoms with Crippen molar-refractivity contribution in [1.29, 1.82) is 0 Å². The molecule has 0 fully saturated rings. The summed E-state index contributed by atoms with van der Waals surface area (Å²) in [6, 6.07) is 10.1. The number of benzene rings is 2. The molecule has 2 aromatic carbocycles. The van der Waals surface area contributed by atoms with Crippen molar-refractivity contribution in [2.75, 3.05) is 5.73 Å². The Morgan fingerprint density at radius 1 is 1.11 bits per heavy atom. The average molecular weight is 262 g/mol. The highest BCUT2D eigenvalue weighted by Crippen LogP contribution is 2.29. The van der Waals surface area contributed by atoms with Crippen LogP contribution in [0.1, 0.15) is 0 Å². The van der Waals surface area contributed by atoms with Crippen molar-refractivity contribution < 1.29 is 8.42 Å². The second kappa shape index (κ2) is 4.44. The molecule has 4 N–H and O–H groups in total. The third-order valence-corrected chi connectivity index (χ3v) is 4.69. The average Bonchev–Trinajstić information content (AvgIpc) is 2.38. The molecule has 4 nitrogen and oxygen atoms in total. The van der Waals surface area contributed by atoms with E-state index in [1.54, 1.807) is 24.3 Å². The van der Waals surface area contributed by atoms with Gasteiger partial charge in [-0.2, -0.15) is 0 Å². The molecule has 18 heavy (non-hydrogen) atoms. The zero-order valence-electron chi connectivity index (χ0n) is 9.71. The summed E-state index contributed by atoms with van der Waals surface area (Å²) < 4.78 is 24.5. The van der Waals surface area contributed by atoms with Crippen molar-refractivity contribution >= 4 is 26.3 Å². The van der Waals surface area contributed by atoms with E-state index in [9.17, 15) is 8.42 Å². The Balaban J connectivity index is 2.82. The van der Waals surface area contributed by atoms with Crippen LogP contribution in [0.4, 0.5) is 5.69 Å². The van der Waals surface area contributed by atoms with E-state index in [2.05, 4.69) is 6.58 Å². The first-order valence-corrected chi connectivity index (χ1v) is 6.92. The Bertz CT molecular complexity index is 708. The highest BCUT2D eigenvalue weighted by molar-refractivity contribution is 7.92. The van der Waals surface area contributed by atoms with Gasteiger partial charge in [0.25, 0.3) is 0 Å². The number of nitrogen functional groups attached to an aromatic ring is 1. The van der Waals surface area contributed by atoms with Gasteiger partial charge in [0.15, 0.2) is 9.84 Å². The van der Waals surface area contributed by atoms with Crippen molar-refractivity contribution in [2.24, 2.45) is 5.73 Å². The van der Waals surface area contributed by atoms with E-state index in [0.717, 1.165) is 0 Å². The quantitative estimate of drug-likeness (QED) is 0.650.